The summed E-state index contributed by atoms with van der Waals surface area (Å²) in [5.41, 5.74) is 4.73. The fourth-order valence-corrected chi connectivity index (χ4v) is 3.02. The van der Waals surface area contributed by atoms with Crippen LogP contribution in [0.15, 0.2) is 60.7 Å². The number of benzene rings is 2. The highest BCUT2D eigenvalue weighted by molar-refractivity contribution is 5.61. The van der Waals surface area contributed by atoms with Crippen LogP contribution >= 0.6 is 0 Å². The predicted molar refractivity (Wildman–Crippen MR) is 98.8 cm³/mol. The number of rotatable bonds is 8. The monoisotopic (exact) mass is 319 g/mol. The summed E-state index contributed by atoms with van der Waals surface area (Å²) in [7, 11) is 0. The van der Waals surface area contributed by atoms with Gasteiger partial charge in [0.05, 0.1) is 17.9 Å². The van der Waals surface area contributed by atoms with Gasteiger partial charge in [-0.25, -0.2) is 4.68 Å². The number of hydrogen-bond acceptors (Lipinski definition) is 2. The minimum absolute atomic E-state index is 0.757. The second-order valence-electron chi connectivity index (χ2n) is 6.20. The van der Waals surface area contributed by atoms with Gasteiger partial charge in [0.25, 0.3) is 0 Å². The van der Waals surface area contributed by atoms with Gasteiger partial charge >= 0.3 is 0 Å². The van der Waals surface area contributed by atoms with Crippen molar-refractivity contribution in [2.75, 3.05) is 0 Å². The lowest BCUT2D eigenvalue weighted by atomic mass is 10.0. The third-order valence-electron chi connectivity index (χ3n) is 4.29. The smallest absolute Gasteiger partial charge is 0.0921 e. The third kappa shape index (κ3) is 4.10. The van der Waals surface area contributed by atoms with Crippen LogP contribution in [0.4, 0.5) is 0 Å². The lowest BCUT2D eigenvalue weighted by molar-refractivity contribution is 0.649. The van der Waals surface area contributed by atoms with Crippen LogP contribution in [0.5, 0.6) is 0 Å². The zero-order valence-corrected chi connectivity index (χ0v) is 14.4. The lowest BCUT2D eigenvalue weighted by Crippen LogP contribution is -2.04. The van der Waals surface area contributed by atoms with E-state index in [4.69, 9.17) is 0 Å². The molecule has 0 radical (unpaired) electrons. The van der Waals surface area contributed by atoms with Crippen LogP contribution in [-0.4, -0.2) is 15.0 Å². The van der Waals surface area contributed by atoms with Gasteiger partial charge in [-0.2, -0.15) is 0 Å². The molecule has 3 heteroatoms. The van der Waals surface area contributed by atoms with Crippen molar-refractivity contribution in [3.05, 3.63) is 71.9 Å². The van der Waals surface area contributed by atoms with Crippen molar-refractivity contribution in [3.63, 3.8) is 0 Å². The molecule has 3 rings (SSSR count). The van der Waals surface area contributed by atoms with Crippen LogP contribution < -0.4 is 0 Å². The van der Waals surface area contributed by atoms with E-state index in [1.165, 1.54) is 36.8 Å². The Bertz CT molecular complexity index is 732. The Morgan fingerprint density at radius 3 is 2.25 bits per heavy atom. The molecule has 0 aliphatic rings. The fraction of sp³-hybridized carbons (Fsp3) is 0.333. The van der Waals surface area contributed by atoms with Gasteiger partial charge in [-0.15, -0.1) is 5.10 Å². The number of unbranched alkanes of at least 4 members (excludes halogenated alkanes) is 3. The normalized spacial score (nSPS) is 10.9. The first kappa shape index (κ1) is 16.4. The molecule has 0 amide bonds. The van der Waals surface area contributed by atoms with Crippen LogP contribution in [0.25, 0.3) is 11.3 Å². The lowest BCUT2D eigenvalue weighted by Gasteiger charge is -2.09. The second-order valence-corrected chi connectivity index (χ2v) is 6.20. The molecule has 0 fully saturated rings. The average Bonchev–Trinajstić information content (AvgIpc) is 3.03. The van der Waals surface area contributed by atoms with Gasteiger partial charge in [-0.05, 0) is 18.4 Å². The van der Waals surface area contributed by atoms with Crippen molar-refractivity contribution in [2.24, 2.45) is 0 Å². The maximum Gasteiger partial charge on any atom is 0.0921 e. The molecule has 0 spiro atoms. The molecule has 1 aromatic heterocycles. The Kier molecular flexibility index (Phi) is 5.78. The van der Waals surface area contributed by atoms with Gasteiger partial charge in [0.15, 0.2) is 0 Å². The van der Waals surface area contributed by atoms with Gasteiger partial charge in [-0.1, -0.05) is 92.1 Å². The summed E-state index contributed by atoms with van der Waals surface area (Å²) in [6.07, 6.45) is 5.98. The standard InChI is InChI=1S/C21H25N3/c1-2-3-4-11-16-20-21(19-14-9-6-10-15-19)24(23-22-20)17-18-12-7-5-8-13-18/h5-10,12-15H,2-4,11,16-17H2,1H3. The maximum atomic E-state index is 4.50. The van der Waals surface area contributed by atoms with Crippen LogP contribution in [0, 0.1) is 0 Å². The first-order chi connectivity index (χ1) is 11.9. The summed E-state index contributed by atoms with van der Waals surface area (Å²) in [5, 5.41) is 8.95. The molecule has 2 aromatic carbocycles. The van der Waals surface area contributed by atoms with E-state index in [1.807, 2.05) is 10.7 Å². The van der Waals surface area contributed by atoms with E-state index >= 15 is 0 Å². The summed E-state index contributed by atoms with van der Waals surface area (Å²) in [6.45, 7) is 3.00. The van der Waals surface area contributed by atoms with Crippen molar-refractivity contribution in [3.8, 4) is 11.3 Å². The van der Waals surface area contributed by atoms with E-state index in [-0.39, 0.29) is 0 Å². The summed E-state index contributed by atoms with van der Waals surface area (Å²) in [4.78, 5) is 0. The van der Waals surface area contributed by atoms with Crippen LogP contribution in [0.2, 0.25) is 0 Å². The second kappa shape index (κ2) is 8.44. The van der Waals surface area contributed by atoms with Gasteiger partial charge < -0.3 is 0 Å². The average molecular weight is 319 g/mol. The Hall–Kier alpha value is -2.42. The van der Waals surface area contributed by atoms with E-state index in [2.05, 4.69) is 71.8 Å². The summed E-state index contributed by atoms with van der Waals surface area (Å²) >= 11 is 0. The first-order valence-corrected chi connectivity index (χ1v) is 8.90. The van der Waals surface area contributed by atoms with Crippen molar-refractivity contribution in [2.45, 2.75) is 45.6 Å². The van der Waals surface area contributed by atoms with E-state index in [1.54, 1.807) is 0 Å². The van der Waals surface area contributed by atoms with Crippen molar-refractivity contribution < 1.29 is 0 Å². The molecule has 0 unspecified atom stereocenters. The largest absolute Gasteiger partial charge is 0.240 e. The molecule has 1 heterocycles. The molecular formula is C21H25N3. The van der Waals surface area contributed by atoms with Crippen LogP contribution in [0.3, 0.4) is 0 Å². The molecule has 124 valence electrons. The molecule has 0 bridgehead atoms. The molecule has 0 saturated heterocycles. The number of hydrogen-bond donors (Lipinski definition) is 0. The van der Waals surface area contributed by atoms with E-state index < -0.39 is 0 Å². The van der Waals surface area contributed by atoms with Crippen molar-refractivity contribution >= 4 is 0 Å². The molecule has 3 aromatic rings. The zero-order chi connectivity index (χ0) is 16.6. The maximum absolute atomic E-state index is 4.50. The molecule has 24 heavy (non-hydrogen) atoms. The highest BCUT2D eigenvalue weighted by Crippen LogP contribution is 2.24. The summed E-state index contributed by atoms with van der Waals surface area (Å²) < 4.78 is 2.04. The Labute approximate surface area is 144 Å². The topological polar surface area (TPSA) is 30.7 Å². The summed E-state index contributed by atoms with van der Waals surface area (Å²) in [5.74, 6) is 0. The number of aromatic nitrogens is 3. The number of nitrogens with zero attached hydrogens (tertiary/aromatic N) is 3. The minimum atomic E-state index is 0.757. The predicted octanol–water partition coefficient (Wildman–Crippen LogP) is 5.12. The molecule has 0 aliphatic heterocycles. The molecular weight excluding hydrogens is 294 g/mol. The molecule has 0 atom stereocenters. The first-order valence-electron chi connectivity index (χ1n) is 8.90. The van der Waals surface area contributed by atoms with Gasteiger partial charge in [0.2, 0.25) is 0 Å². The summed E-state index contributed by atoms with van der Waals surface area (Å²) in [6, 6.07) is 21.0. The Balaban J connectivity index is 1.86. The quantitative estimate of drug-likeness (QED) is 0.540. The van der Waals surface area contributed by atoms with Crippen molar-refractivity contribution in [1.29, 1.82) is 0 Å². The molecule has 0 N–H and O–H groups in total. The van der Waals surface area contributed by atoms with Gasteiger partial charge in [-0.3, -0.25) is 0 Å². The highest BCUT2D eigenvalue weighted by Gasteiger charge is 2.14. The van der Waals surface area contributed by atoms with Gasteiger partial charge in [0.1, 0.15) is 0 Å². The minimum Gasteiger partial charge on any atom is -0.240 e. The van der Waals surface area contributed by atoms with E-state index in [0.29, 0.717) is 0 Å². The fourth-order valence-electron chi connectivity index (χ4n) is 3.02. The van der Waals surface area contributed by atoms with Crippen molar-refractivity contribution in [1.82, 2.24) is 15.0 Å². The number of aryl methyl sites for hydroxylation is 1. The Morgan fingerprint density at radius 1 is 0.833 bits per heavy atom. The Morgan fingerprint density at radius 2 is 1.54 bits per heavy atom. The zero-order valence-electron chi connectivity index (χ0n) is 14.4. The van der Waals surface area contributed by atoms with Crippen LogP contribution in [0.1, 0.15) is 43.9 Å². The third-order valence-corrected chi connectivity index (χ3v) is 4.29. The highest BCUT2D eigenvalue weighted by atomic mass is 15.4. The van der Waals surface area contributed by atoms with Gasteiger partial charge in [0, 0.05) is 5.56 Å². The SMILES string of the molecule is CCCCCCc1nnn(Cc2ccccc2)c1-c1ccccc1. The van der Waals surface area contributed by atoms with E-state index in [9.17, 15) is 0 Å². The van der Waals surface area contributed by atoms with E-state index in [0.717, 1.165) is 24.4 Å². The molecule has 0 aliphatic carbocycles. The molecule has 3 nitrogen and oxygen atoms in total. The van der Waals surface area contributed by atoms with Crippen LogP contribution in [-0.2, 0) is 13.0 Å². The molecule has 0 saturated carbocycles.